The summed E-state index contributed by atoms with van der Waals surface area (Å²) < 4.78 is 12.3. The van der Waals surface area contributed by atoms with Crippen LogP contribution < -0.4 is 0 Å². The Labute approximate surface area is 80.9 Å². The molecular formula is C9H18BFO2. The highest BCUT2D eigenvalue weighted by Gasteiger charge is 2.21. The van der Waals surface area contributed by atoms with E-state index in [0.717, 1.165) is 0 Å². The summed E-state index contributed by atoms with van der Waals surface area (Å²) in [6.45, 7) is 8.61. The molecule has 3 atom stereocenters. The van der Waals surface area contributed by atoms with Crippen molar-refractivity contribution in [2.24, 2.45) is 5.92 Å². The molecule has 0 saturated carbocycles. The minimum atomic E-state index is -2.08. The van der Waals surface area contributed by atoms with Gasteiger partial charge in [0.15, 0.2) is 0 Å². The van der Waals surface area contributed by atoms with Crippen molar-refractivity contribution in [3.05, 3.63) is 12.2 Å². The second kappa shape index (κ2) is 8.26. The molecule has 2 nitrogen and oxygen atoms in total. The molecule has 0 aromatic rings. The van der Waals surface area contributed by atoms with Crippen LogP contribution >= 0.6 is 0 Å². The zero-order valence-corrected chi connectivity index (χ0v) is 8.50. The van der Waals surface area contributed by atoms with E-state index in [1.807, 2.05) is 13.8 Å². The fourth-order valence-corrected chi connectivity index (χ4v) is 0.719. The zero-order valence-electron chi connectivity index (χ0n) is 8.50. The summed E-state index contributed by atoms with van der Waals surface area (Å²) in [6.07, 6.45) is -2.08. The van der Waals surface area contributed by atoms with Crippen LogP contribution in [0.25, 0.3) is 0 Å². The van der Waals surface area contributed by atoms with E-state index in [0.29, 0.717) is 5.57 Å². The van der Waals surface area contributed by atoms with Crippen LogP contribution in [-0.4, -0.2) is 31.0 Å². The van der Waals surface area contributed by atoms with Gasteiger partial charge in [-0.2, -0.15) is 0 Å². The number of aliphatic hydroxyl groups is 2. The first-order valence-corrected chi connectivity index (χ1v) is 4.38. The highest BCUT2D eigenvalue weighted by Crippen LogP contribution is 2.23. The number of halogens is 1. The van der Waals surface area contributed by atoms with E-state index in [4.69, 9.17) is 18.1 Å². The Morgan fingerprint density at radius 1 is 1.54 bits per heavy atom. The molecule has 0 spiro atoms. The van der Waals surface area contributed by atoms with E-state index in [9.17, 15) is 4.39 Å². The second-order valence-electron chi connectivity index (χ2n) is 2.53. The van der Waals surface area contributed by atoms with E-state index >= 15 is 0 Å². The van der Waals surface area contributed by atoms with Crippen LogP contribution in [-0.2, 0) is 0 Å². The molecule has 0 unspecified atom stereocenters. The molecule has 0 aliphatic rings. The molecule has 0 fully saturated rings. The molecule has 0 heterocycles. The number of hydrogen-bond donors (Lipinski definition) is 2. The number of rotatable bonds is 4. The molecule has 0 saturated heterocycles. The van der Waals surface area contributed by atoms with E-state index < -0.39 is 24.7 Å². The number of hydrogen-bond acceptors (Lipinski definition) is 2. The molecule has 76 valence electrons. The van der Waals surface area contributed by atoms with Gasteiger partial charge in [0.25, 0.3) is 0 Å². The average molecular weight is 188 g/mol. The number of aliphatic hydroxyl groups excluding tert-OH is 2. The summed E-state index contributed by atoms with van der Waals surface area (Å²) in [6, 6.07) is 0. The monoisotopic (exact) mass is 188 g/mol. The Hall–Kier alpha value is -0.345. The smallest absolute Gasteiger partial charge is 0.205 e. The lowest BCUT2D eigenvalue weighted by Crippen LogP contribution is -2.22. The predicted molar refractivity (Wildman–Crippen MR) is 53.4 cm³/mol. The zero-order chi connectivity index (χ0) is 11.0. The van der Waals surface area contributed by atoms with Crippen molar-refractivity contribution in [2.75, 3.05) is 6.61 Å². The SMILES string of the molecule is CC.[B][C@@H](C)C(=C)[C@H](CO)[C@@H](O)F. The summed E-state index contributed by atoms with van der Waals surface area (Å²) in [5.41, 5.74) is 0.322. The largest absolute Gasteiger partial charge is 0.396 e. The van der Waals surface area contributed by atoms with Crippen LogP contribution in [0.15, 0.2) is 12.2 Å². The Morgan fingerprint density at radius 2 is 1.92 bits per heavy atom. The van der Waals surface area contributed by atoms with Crippen molar-refractivity contribution in [3.8, 4) is 0 Å². The van der Waals surface area contributed by atoms with E-state index in [1.54, 1.807) is 6.92 Å². The molecule has 0 amide bonds. The molecule has 0 aromatic heterocycles. The van der Waals surface area contributed by atoms with Gasteiger partial charge in [0.05, 0.1) is 20.4 Å². The van der Waals surface area contributed by atoms with Gasteiger partial charge in [0.2, 0.25) is 6.36 Å². The Kier molecular flexibility index (Phi) is 9.62. The first-order chi connectivity index (χ1) is 6.00. The second-order valence-corrected chi connectivity index (χ2v) is 2.53. The lowest BCUT2D eigenvalue weighted by Gasteiger charge is -2.20. The minimum absolute atomic E-state index is 0.322. The minimum Gasteiger partial charge on any atom is -0.396 e. The van der Waals surface area contributed by atoms with E-state index in [2.05, 4.69) is 6.58 Å². The fraction of sp³-hybridized carbons (Fsp3) is 0.778. The summed E-state index contributed by atoms with van der Waals surface area (Å²) in [5.74, 6) is -1.38. The van der Waals surface area contributed by atoms with Crippen LogP contribution in [0.1, 0.15) is 20.8 Å². The van der Waals surface area contributed by atoms with Gasteiger partial charge in [0, 0.05) is 0 Å². The van der Waals surface area contributed by atoms with Crippen molar-refractivity contribution >= 4 is 7.85 Å². The summed E-state index contributed by atoms with van der Waals surface area (Å²) in [4.78, 5) is 0. The molecule has 4 heteroatoms. The van der Waals surface area contributed by atoms with Gasteiger partial charge < -0.3 is 10.2 Å². The molecule has 0 bridgehead atoms. The van der Waals surface area contributed by atoms with E-state index in [-0.39, 0.29) is 0 Å². The van der Waals surface area contributed by atoms with Crippen LogP contribution in [0.3, 0.4) is 0 Å². The lowest BCUT2D eigenvalue weighted by atomic mass is 9.78. The highest BCUT2D eigenvalue weighted by atomic mass is 19.1. The van der Waals surface area contributed by atoms with Crippen LogP contribution in [0.2, 0.25) is 5.82 Å². The Morgan fingerprint density at radius 3 is 2.00 bits per heavy atom. The van der Waals surface area contributed by atoms with Gasteiger partial charge in [-0.05, 0) is 0 Å². The van der Waals surface area contributed by atoms with Crippen LogP contribution in [0.4, 0.5) is 4.39 Å². The quantitative estimate of drug-likeness (QED) is 0.517. The number of alkyl halides is 1. The molecule has 0 aromatic carbocycles. The molecule has 13 heavy (non-hydrogen) atoms. The van der Waals surface area contributed by atoms with Crippen molar-refractivity contribution < 1.29 is 14.6 Å². The van der Waals surface area contributed by atoms with Gasteiger partial charge in [-0.1, -0.05) is 38.7 Å². The summed E-state index contributed by atoms with van der Waals surface area (Å²) in [7, 11) is 5.36. The van der Waals surface area contributed by atoms with Crippen molar-refractivity contribution in [1.29, 1.82) is 0 Å². The van der Waals surface area contributed by atoms with Gasteiger partial charge in [-0.25, -0.2) is 4.39 Å². The molecule has 0 aliphatic heterocycles. The Bertz CT molecular complexity index is 138. The van der Waals surface area contributed by atoms with Crippen molar-refractivity contribution in [2.45, 2.75) is 32.9 Å². The third-order valence-electron chi connectivity index (χ3n) is 1.59. The molecule has 2 N–H and O–H groups in total. The first-order valence-electron chi connectivity index (χ1n) is 4.38. The third-order valence-corrected chi connectivity index (χ3v) is 1.59. The summed E-state index contributed by atoms with van der Waals surface area (Å²) in [5, 5.41) is 17.1. The van der Waals surface area contributed by atoms with E-state index in [1.165, 1.54) is 0 Å². The van der Waals surface area contributed by atoms with Gasteiger partial charge in [-0.3, -0.25) is 0 Å². The predicted octanol–water partition coefficient (Wildman–Crippen LogP) is 1.44. The molecule has 2 radical (unpaired) electrons. The van der Waals surface area contributed by atoms with Crippen molar-refractivity contribution in [3.63, 3.8) is 0 Å². The average Bonchev–Trinajstić information content (AvgIpc) is 2.08. The molecule has 0 rings (SSSR count). The fourth-order valence-electron chi connectivity index (χ4n) is 0.719. The van der Waals surface area contributed by atoms with Gasteiger partial charge in [0.1, 0.15) is 0 Å². The third kappa shape index (κ3) is 5.83. The van der Waals surface area contributed by atoms with Gasteiger partial charge in [-0.15, -0.1) is 0 Å². The maximum atomic E-state index is 12.3. The topological polar surface area (TPSA) is 40.5 Å². The lowest BCUT2D eigenvalue weighted by molar-refractivity contribution is -0.0176. The van der Waals surface area contributed by atoms with Crippen molar-refractivity contribution in [1.82, 2.24) is 0 Å². The van der Waals surface area contributed by atoms with Gasteiger partial charge >= 0.3 is 0 Å². The normalized spacial score (nSPS) is 16.5. The maximum Gasteiger partial charge on any atom is 0.205 e. The van der Waals surface area contributed by atoms with Crippen LogP contribution in [0, 0.1) is 5.92 Å². The standard InChI is InChI=1S/C7H12BFO2.C2H6/c1-4(5(2)8)6(3-10)7(9)11;1-2/h5-7,10-11H,1,3H2,2H3;1-2H3/t5-,6-,7+;/m0./s1. The molecule has 0 aliphatic carbocycles. The molecular weight excluding hydrogens is 170 g/mol. The first kappa shape index (κ1) is 15.1. The van der Waals surface area contributed by atoms with Crippen LogP contribution in [0.5, 0.6) is 0 Å². The maximum absolute atomic E-state index is 12.3. The summed E-state index contributed by atoms with van der Waals surface area (Å²) >= 11 is 0. The highest BCUT2D eigenvalue weighted by molar-refractivity contribution is 6.13. The Balaban J connectivity index is 0.